The van der Waals surface area contributed by atoms with Gasteiger partial charge in [0.25, 0.3) is 0 Å². The van der Waals surface area contributed by atoms with Crippen molar-refractivity contribution in [2.75, 3.05) is 21.1 Å². The predicted molar refractivity (Wildman–Crippen MR) is 93.4 cm³/mol. The first-order valence-electron chi connectivity index (χ1n) is 9.33. The Hall–Kier alpha value is 0.110. The van der Waals surface area contributed by atoms with Crippen LogP contribution in [0.2, 0.25) is 0 Å². The molecule has 0 aliphatic carbocycles. The fraction of sp³-hybridized carbons (Fsp3) is 0.947. The number of quaternary nitrogens is 1. The molecule has 2 nitrogen and oxygen atoms in total. The van der Waals surface area contributed by atoms with Gasteiger partial charge in [0.2, 0.25) is 0 Å². The highest BCUT2D eigenvalue weighted by Gasteiger charge is 2.18. The molecule has 0 bridgehead atoms. The molecule has 0 heterocycles. The number of amides is 1. The Morgan fingerprint density at radius 2 is 0.955 bits per heavy atom. The van der Waals surface area contributed by atoms with E-state index in [1.165, 1.54) is 77.0 Å². The zero-order valence-electron chi connectivity index (χ0n) is 15.6. The van der Waals surface area contributed by atoms with Crippen molar-refractivity contribution in [3.63, 3.8) is 0 Å². The van der Waals surface area contributed by atoms with Crippen molar-refractivity contribution < 1.29 is 26.3 Å². The van der Waals surface area contributed by atoms with Crippen molar-refractivity contribution in [3.8, 4) is 0 Å². The topological polar surface area (TPSA) is 17.1 Å². The Bertz CT molecular complexity index is 248. The van der Waals surface area contributed by atoms with Crippen LogP contribution in [0.25, 0.3) is 0 Å². The van der Waals surface area contributed by atoms with Gasteiger partial charge >= 0.3 is 5.91 Å². The molecule has 0 radical (unpaired) electrons. The van der Waals surface area contributed by atoms with Crippen LogP contribution in [0.4, 0.5) is 0 Å². The molecule has 0 unspecified atom stereocenters. The summed E-state index contributed by atoms with van der Waals surface area (Å²) >= 11 is 0. The largest absolute Gasteiger partial charge is 1.00 e. The summed E-state index contributed by atoms with van der Waals surface area (Å²) in [6.07, 6.45) is 18.4. The van der Waals surface area contributed by atoms with Gasteiger partial charge in [-0.2, -0.15) is 0 Å². The molecule has 0 aromatic heterocycles. The number of carbonyl (C=O) groups is 1. The predicted octanol–water partition coefficient (Wildman–Crippen LogP) is 2.70. The van der Waals surface area contributed by atoms with E-state index in [9.17, 15) is 4.79 Å². The normalized spacial score (nSPS) is 11.3. The van der Waals surface area contributed by atoms with Gasteiger partial charge in [-0.25, -0.2) is 4.79 Å². The summed E-state index contributed by atoms with van der Waals surface area (Å²) in [6.45, 7) is 2.28. The molecule has 0 atom stereocenters. The van der Waals surface area contributed by atoms with Crippen LogP contribution in [0.15, 0.2) is 0 Å². The Morgan fingerprint density at radius 1 is 0.636 bits per heavy atom. The van der Waals surface area contributed by atoms with Crippen LogP contribution in [0.3, 0.4) is 0 Å². The number of hydrogen-bond donors (Lipinski definition) is 0. The van der Waals surface area contributed by atoms with E-state index >= 15 is 0 Å². The molecule has 0 spiro atoms. The summed E-state index contributed by atoms with van der Waals surface area (Å²) in [5.41, 5.74) is 0. The lowest BCUT2D eigenvalue weighted by Gasteiger charge is -2.20. The first-order valence-corrected chi connectivity index (χ1v) is 9.33. The highest BCUT2D eigenvalue weighted by atomic mass is 79.9. The number of carbonyl (C=O) groups excluding carboxylic acids is 1. The number of nitrogens with zero attached hydrogens (tertiary/aromatic N) is 1. The average molecular weight is 378 g/mol. The Balaban J connectivity index is 0. The molecule has 0 aromatic carbocycles. The lowest BCUT2D eigenvalue weighted by atomic mass is 10.0. The summed E-state index contributed by atoms with van der Waals surface area (Å²) in [5, 5.41) is 0. The zero-order chi connectivity index (χ0) is 16.0. The fourth-order valence-electron chi connectivity index (χ4n) is 2.63. The SMILES string of the molecule is CCCCCCCCCCCCCCCC(=O)[N+](C)(C)C.[Br-]. The van der Waals surface area contributed by atoms with E-state index in [2.05, 4.69) is 6.92 Å². The maximum atomic E-state index is 11.7. The molecule has 22 heavy (non-hydrogen) atoms. The molecular weight excluding hydrogens is 338 g/mol. The average Bonchev–Trinajstić information content (AvgIpc) is 2.42. The highest BCUT2D eigenvalue weighted by Crippen LogP contribution is 2.13. The molecular formula is C19H40BrNO. The second-order valence-electron chi connectivity index (χ2n) is 7.40. The monoisotopic (exact) mass is 377 g/mol. The van der Waals surface area contributed by atoms with E-state index in [0.29, 0.717) is 10.4 Å². The maximum absolute atomic E-state index is 11.7. The first kappa shape index (κ1) is 24.4. The van der Waals surface area contributed by atoms with E-state index in [1.54, 1.807) is 0 Å². The number of unbranched alkanes of at least 4 members (excludes halogenated alkanes) is 12. The third-order valence-corrected chi connectivity index (χ3v) is 4.24. The van der Waals surface area contributed by atoms with Gasteiger partial charge in [0.1, 0.15) is 0 Å². The van der Waals surface area contributed by atoms with Gasteiger partial charge < -0.3 is 17.0 Å². The van der Waals surface area contributed by atoms with Crippen LogP contribution in [0, 0.1) is 0 Å². The van der Waals surface area contributed by atoms with E-state index in [1.807, 2.05) is 21.1 Å². The van der Waals surface area contributed by atoms with Crippen molar-refractivity contribution in [2.45, 2.75) is 96.8 Å². The molecule has 0 saturated heterocycles. The van der Waals surface area contributed by atoms with Gasteiger partial charge in [-0.1, -0.05) is 84.0 Å². The minimum Gasteiger partial charge on any atom is -1.00 e. The summed E-state index contributed by atoms with van der Waals surface area (Å²) in [7, 11) is 5.89. The minimum atomic E-state index is 0. The number of rotatable bonds is 14. The van der Waals surface area contributed by atoms with Gasteiger partial charge in [-0.3, -0.25) is 4.48 Å². The summed E-state index contributed by atoms with van der Waals surface area (Å²) in [4.78, 5) is 11.7. The van der Waals surface area contributed by atoms with Crippen LogP contribution in [0.1, 0.15) is 96.8 Å². The van der Waals surface area contributed by atoms with Gasteiger partial charge in [-0.05, 0) is 6.42 Å². The standard InChI is InChI=1S/C19H40NO.BrH/c1-5-6-7-8-9-10-11-12-13-14-15-16-17-18-19(21)20(2,3)4;/h5-18H2,1-4H3;1H/q+1;/p-1. The molecule has 0 fully saturated rings. The molecule has 0 saturated carbocycles. The van der Waals surface area contributed by atoms with Crippen molar-refractivity contribution in [1.29, 1.82) is 0 Å². The molecule has 0 N–H and O–H groups in total. The molecule has 134 valence electrons. The molecule has 1 amide bonds. The Kier molecular flexibility index (Phi) is 17.7. The van der Waals surface area contributed by atoms with Crippen LogP contribution in [-0.4, -0.2) is 31.5 Å². The molecule has 0 aliphatic heterocycles. The van der Waals surface area contributed by atoms with Gasteiger partial charge in [-0.15, -0.1) is 0 Å². The number of halogens is 1. The summed E-state index contributed by atoms with van der Waals surface area (Å²) in [5.74, 6) is 0.359. The van der Waals surface area contributed by atoms with E-state index in [4.69, 9.17) is 0 Å². The Labute approximate surface area is 150 Å². The minimum absolute atomic E-state index is 0. The quantitative estimate of drug-likeness (QED) is 0.336. The Morgan fingerprint density at radius 3 is 1.27 bits per heavy atom. The van der Waals surface area contributed by atoms with E-state index in [-0.39, 0.29) is 17.0 Å². The molecule has 3 heteroatoms. The molecule has 0 aromatic rings. The lowest BCUT2D eigenvalue weighted by molar-refractivity contribution is -0.792. The third kappa shape index (κ3) is 16.5. The molecule has 0 rings (SSSR count). The zero-order valence-corrected chi connectivity index (χ0v) is 17.2. The first-order chi connectivity index (χ1) is 9.98. The second-order valence-corrected chi connectivity index (χ2v) is 7.40. The van der Waals surface area contributed by atoms with Crippen molar-refractivity contribution >= 4 is 5.91 Å². The van der Waals surface area contributed by atoms with Crippen LogP contribution in [0.5, 0.6) is 0 Å². The van der Waals surface area contributed by atoms with Crippen molar-refractivity contribution in [3.05, 3.63) is 0 Å². The van der Waals surface area contributed by atoms with Crippen molar-refractivity contribution in [1.82, 2.24) is 0 Å². The second kappa shape index (κ2) is 16.0. The van der Waals surface area contributed by atoms with Crippen LogP contribution >= 0.6 is 0 Å². The lowest BCUT2D eigenvalue weighted by Crippen LogP contribution is -3.00. The van der Waals surface area contributed by atoms with Crippen LogP contribution in [-0.2, 0) is 4.79 Å². The van der Waals surface area contributed by atoms with E-state index in [0.717, 1.165) is 12.8 Å². The smallest absolute Gasteiger partial charge is 0.313 e. The van der Waals surface area contributed by atoms with Crippen molar-refractivity contribution in [2.24, 2.45) is 0 Å². The fourth-order valence-corrected chi connectivity index (χ4v) is 2.63. The molecule has 0 aliphatic rings. The summed E-state index contributed by atoms with van der Waals surface area (Å²) in [6, 6.07) is 0. The van der Waals surface area contributed by atoms with Crippen LogP contribution < -0.4 is 17.0 Å². The number of hydrogen-bond acceptors (Lipinski definition) is 1. The van der Waals surface area contributed by atoms with Gasteiger partial charge in [0.05, 0.1) is 27.6 Å². The highest BCUT2D eigenvalue weighted by molar-refractivity contribution is 5.68. The van der Waals surface area contributed by atoms with Gasteiger partial charge in [0, 0.05) is 0 Å². The van der Waals surface area contributed by atoms with E-state index < -0.39 is 0 Å². The summed E-state index contributed by atoms with van der Waals surface area (Å²) < 4.78 is 0.470. The third-order valence-electron chi connectivity index (χ3n) is 4.24. The van der Waals surface area contributed by atoms with Gasteiger partial charge in [0.15, 0.2) is 0 Å². The maximum Gasteiger partial charge on any atom is 0.313 e.